The highest BCUT2D eigenvalue weighted by molar-refractivity contribution is 5.81. The molecule has 1 aliphatic carbocycles. The molecule has 0 nitrogen and oxygen atoms in total. The predicted octanol–water partition coefficient (Wildman–Crippen LogP) is 4.59. The number of benzene rings is 1. The van der Waals surface area contributed by atoms with Crippen LogP contribution in [0, 0.1) is 0 Å². The molecule has 1 aromatic carbocycles. The van der Waals surface area contributed by atoms with Crippen LogP contribution in [0.2, 0.25) is 0 Å². The maximum absolute atomic E-state index is 2.35. The van der Waals surface area contributed by atoms with E-state index in [1.807, 2.05) is 0 Å². The van der Waals surface area contributed by atoms with Crippen molar-refractivity contribution in [3.8, 4) is 0 Å². The van der Waals surface area contributed by atoms with Crippen molar-refractivity contribution >= 4 is 5.57 Å². The summed E-state index contributed by atoms with van der Waals surface area (Å²) in [5.41, 5.74) is 5.97. The summed E-state index contributed by atoms with van der Waals surface area (Å²) < 4.78 is 0. The van der Waals surface area contributed by atoms with Crippen LogP contribution in [0.25, 0.3) is 5.57 Å². The Labute approximate surface area is 92.3 Å². The lowest BCUT2D eigenvalue weighted by atomic mass is 9.81. The van der Waals surface area contributed by atoms with E-state index in [0.29, 0.717) is 0 Å². The molecule has 0 aliphatic heterocycles. The quantitative estimate of drug-likeness (QED) is 0.666. The molecule has 0 heterocycles. The third-order valence-corrected chi connectivity index (χ3v) is 3.08. The molecule has 78 valence electrons. The Morgan fingerprint density at radius 2 is 1.93 bits per heavy atom. The van der Waals surface area contributed by atoms with E-state index in [-0.39, 0.29) is 0 Å². The SMILES string of the molecule is CCC=C(C1=C(C)CC1)c1ccccc1. The van der Waals surface area contributed by atoms with Gasteiger partial charge in [0, 0.05) is 0 Å². The molecule has 0 N–H and O–H groups in total. The number of allylic oxidation sites excluding steroid dienone is 4. The second kappa shape index (κ2) is 4.48. The Morgan fingerprint density at radius 3 is 2.40 bits per heavy atom. The highest BCUT2D eigenvalue weighted by atomic mass is 14.2. The predicted molar refractivity (Wildman–Crippen MR) is 66.6 cm³/mol. The molecule has 0 radical (unpaired) electrons. The first kappa shape index (κ1) is 10.2. The Kier molecular flexibility index (Phi) is 3.05. The lowest BCUT2D eigenvalue weighted by molar-refractivity contribution is 0.831. The molecule has 0 spiro atoms. The summed E-state index contributed by atoms with van der Waals surface area (Å²) in [7, 11) is 0. The first-order valence-corrected chi connectivity index (χ1v) is 5.77. The Morgan fingerprint density at radius 1 is 1.20 bits per heavy atom. The average molecular weight is 198 g/mol. The van der Waals surface area contributed by atoms with Crippen LogP contribution in [0.1, 0.15) is 38.7 Å². The number of hydrogen-bond donors (Lipinski definition) is 0. The minimum atomic E-state index is 1.11. The van der Waals surface area contributed by atoms with Crippen molar-refractivity contribution in [3.63, 3.8) is 0 Å². The second-order valence-electron chi connectivity index (χ2n) is 4.15. The van der Waals surface area contributed by atoms with Crippen LogP contribution in [0.3, 0.4) is 0 Å². The van der Waals surface area contributed by atoms with Gasteiger partial charge in [0.1, 0.15) is 0 Å². The summed E-state index contributed by atoms with van der Waals surface area (Å²) in [4.78, 5) is 0. The molecule has 0 bridgehead atoms. The van der Waals surface area contributed by atoms with Gasteiger partial charge in [0.15, 0.2) is 0 Å². The molecule has 0 atom stereocenters. The summed E-state index contributed by atoms with van der Waals surface area (Å²) in [6, 6.07) is 10.7. The van der Waals surface area contributed by atoms with Crippen LogP contribution in [-0.4, -0.2) is 0 Å². The van der Waals surface area contributed by atoms with E-state index >= 15 is 0 Å². The lowest BCUT2D eigenvalue weighted by Gasteiger charge is -2.24. The van der Waals surface area contributed by atoms with Gasteiger partial charge in [-0.3, -0.25) is 0 Å². The van der Waals surface area contributed by atoms with Crippen LogP contribution < -0.4 is 0 Å². The molecule has 0 aromatic heterocycles. The van der Waals surface area contributed by atoms with Crippen LogP contribution in [0.5, 0.6) is 0 Å². The van der Waals surface area contributed by atoms with E-state index in [2.05, 4.69) is 50.3 Å². The zero-order valence-electron chi connectivity index (χ0n) is 9.59. The third kappa shape index (κ3) is 2.04. The average Bonchev–Trinajstić information content (AvgIpc) is 2.28. The monoisotopic (exact) mass is 198 g/mol. The van der Waals surface area contributed by atoms with Gasteiger partial charge in [0.2, 0.25) is 0 Å². The first-order chi connectivity index (χ1) is 7.33. The van der Waals surface area contributed by atoms with Crippen LogP contribution in [0.4, 0.5) is 0 Å². The van der Waals surface area contributed by atoms with Gasteiger partial charge in [-0.15, -0.1) is 0 Å². The summed E-state index contributed by atoms with van der Waals surface area (Å²) >= 11 is 0. The highest BCUT2D eigenvalue weighted by Crippen LogP contribution is 2.38. The Hall–Kier alpha value is -1.30. The van der Waals surface area contributed by atoms with Crippen LogP contribution in [-0.2, 0) is 0 Å². The molecule has 1 aromatic rings. The van der Waals surface area contributed by atoms with Gasteiger partial charge in [-0.25, -0.2) is 0 Å². The fourth-order valence-electron chi connectivity index (χ4n) is 2.10. The molecule has 1 aliphatic rings. The maximum Gasteiger partial charge on any atom is -0.0184 e. The fraction of sp³-hybridized carbons (Fsp3) is 0.333. The normalized spacial score (nSPS) is 16.5. The Bertz CT molecular complexity index is 393. The van der Waals surface area contributed by atoms with Crippen molar-refractivity contribution in [2.75, 3.05) is 0 Å². The second-order valence-corrected chi connectivity index (χ2v) is 4.15. The van der Waals surface area contributed by atoms with Gasteiger partial charge >= 0.3 is 0 Å². The first-order valence-electron chi connectivity index (χ1n) is 5.77. The summed E-state index contributed by atoms with van der Waals surface area (Å²) in [5, 5.41) is 0. The molecular formula is C15H18. The van der Waals surface area contributed by atoms with Gasteiger partial charge < -0.3 is 0 Å². The zero-order valence-corrected chi connectivity index (χ0v) is 9.59. The Balaban J connectivity index is 2.38. The molecule has 0 saturated heterocycles. The minimum Gasteiger partial charge on any atom is -0.0767 e. The van der Waals surface area contributed by atoms with Crippen molar-refractivity contribution in [1.82, 2.24) is 0 Å². The van der Waals surface area contributed by atoms with E-state index in [1.165, 1.54) is 24.0 Å². The van der Waals surface area contributed by atoms with E-state index < -0.39 is 0 Å². The van der Waals surface area contributed by atoms with E-state index in [9.17, 15) is 0 Å². The third-order valence-electron chi connectivity index (χ3n) is 3.08. The van der Waals surface area contributed by atoms with Crippen molar-refractivity contribution < 1.29 is 0 Å². The maximum atomic E-state index is 2.35. The molecular weight excluding hydrogens is 180 g/mol. The standard InChI is InChI=1S/C15H18/c1-3-7-15(14-11-10-12(14)2)13-8-5-4-6-9-13/h4-9H,3,10-11H2,1-2H3. The molecule has 0 unspecified atom stereocenters. The molecule has 0 heteroatoms. The minimum absolute atomic E-state index is 1.11. The van der Waals surface area contributed by atoms with Crippen LogP contribution >= 0.6 is 0 Å². The van der Waals surface area contributed by atoms with Crippen molar-refractivity contribution in [2.24, 2.45) is 0 Å². The van der Waals surface area contributed by atoms with Crippen molar-refractivity contribution in [3.05, 3.63) is 53.1 Å². The van der Waals surface area contributed by atoms with Gasteiger partial charge in [-0.05, 0) is 42.9 Å². The van der Waals surface area contributed by atoms with Gasteiger partial charge in [-0.2, -0.15) is 0 Å². The van der Waals surface area contributed by atoms with E-state index in [0.717, 1.165) is 6.42 Å². The fourth-order valence-corrected chi connectivity index (χ4v) is 2.10. The smallest absolute Gasteiger partial charge is 0.0184 e. The largest absolute Gasteiger partial charge is 0.0767 e. The summed E-state index contributed by atoms with van der Waals surface area (Å²) in [6.45, 7) is 4.46. The molecule has 0 saturated carbocycles. The van der Waals surface area contributed by atoms with Gasteiger partial charge in [0.05, 0.1) is 0 Å². The molecule has 2 rings (SSSR count). The van der Waals surface area contributed by atoms with Crippen LogP contribution in [0.15, 0.2) is 47.6 Å². The highest BCUT2D eigenvalue weighted by Gasteiger charge is 2.17. The van der Waals surface area contributed by atoms with Crippen molar-refractivity contribution in [2.45, 2.75) is 33.1 Å². The van der Waals surface area contributed by atoms with Crippen molar-refractivity contribution in [1.29, 1.82) is 0 Å². The van der Waals surface area contributed by atoms with Gasteiger partial charge in [0.25, 0.3) is 0 Å². The zero-order chi connectivity index (χ0) is 10.7. The topological polar surface area (TPSA) is 0 Å². The molecule has 0 amide bonds. The van der Waals surface area contributed by atoms with E-state index in [4.69, 9.17) is 0 Å². The number of rotatable bonds is 3. The lowest BCUT2D eigenvalue weighted by Crippen LogP contribution is -2.03. The van der Waals surface area contributed by atoms with Gasteiger partial charge in [-0.1, -0.05) is 48.9 Å². The summed E-state index contributed by atoms with van der Waals surface area (Å²) in [5.74, 6) is 0. The molecule has 0 fully saturated rings. The van der Waals surface area contributed by atoms with E-state index in [1.54, 1.807) is 11.1 Å². The molecule has 15 heavy (non-hydrogen) atoms. The summed E-state index contributed by atoms with van der Waals surface area (Å²) in [6.07, 6.45) is 6.00. The number of hydrogen-bond acceptors (Lipinski definition) is 0.